The first kappa shape index (κ1) is 13.1. The van der Waals surface area contributed by atoms with E-state index in [0.29, 0.717) is 6.54 Å². The number of nitrogens with zero attached hydrogens (tertiary/aromatic N) is 3. The monoisotopic (exact) mass is 287 g/mol. The molecule has 0 aliphatic heterocycles. The van der Waals surface area contributed by atoms with E-state index in [4.69, 9.17) is 0 Å². The Morgan fingerprint density at radius 3 is 2.85 bits per heavy atom. The maximum atomic E-state index is 4.63. The number of hydrogen-bond acceptors (Lipinski definition) is 5. The molecule has 0 aliphatic carbocycles. The van der Waals surface area contributed by atoms with E-state index in [9.17, 15) is 0 Å². The topological polar surface area (TPSA) is 66.5 Å². The van der Waals surface area contributed by atoms with Crippen LogP contribution >= 0.6 is 11.5 Å². The molecule has 0 spiro atoms. The number of anilines is 1. The molecule has 0 aliphatic rings. The van der Waals surface area contributed by atoms with Gasteiger partial charge in [-0.25, -0.2) is 4.98 Å². The molecule has 3 rings (SSSR count). The van der Waals surface area contributed by atoms with Crippen LogP contribution in [0.25, 0.3) is 11.0 Å². The van der Waals surface area contributed by atoms with E-state index in [1.807, 2.05) is 17.5 Å². The highest BCUT2D eigenvalue weighted by atomic mass is 32.1. The quantitative estimate of drug-likeness (QED) is 0.775. The average molecular weight is 287 g/mol. The molecule has 104 valence electrons. The van der Waals surface area contributed by atoms with Crippen LogP contribution < -0.4 is 5.32 Å². The number of fused-ring (bicyclic) bond motifs is 1. The minimum absolute atomic E-state index is 0.0267. The van der Waals surface area contributed by atoms with Gasteiger partial charge in [-0.2, -0.15) is 0 Å². The van der Waals surface area contributed by atoms with Gasteiger partial charge in [-0.3, -0.25) is 0 Å². The van der Waals surface area contributed by atoms with Crippen LogP contribution in [-0.2, 0) is 12.0 Å². The second-order valence-corrected chi connectivity index (χ2v) is 6.43. The molecule has 0 saturated carbocycles. The molecule has 1 aromatic carbocycles. The van der Waals surface area contributed by atoms with Crippen LogP contribution in [0.1, 0.15) is 32.3 Å². The predicted octanol–water partition coefficient (Wildman–Crippen LogP) is 3.32. The lowest BCUT2D eigenvalue weighted by atomic mass is 9.96. The van der Waals surface area contributed by atoms with Crippen molar-refractivity contribution >= 4 is 28.3 Å². The van der Waals surface area contributed by atoms with Crippen molar-refractivity contribution in [3.05, 3.63) is 35.1 Å². The van der Waals surface area contributed by atoms with Crippen molar-refractivity contribution in [2.75, 3.05) is 5.32 Å². The van der Waals surface area contributed by atoms with Gasteiger partial charge in [0.25, 0.3) is 0 Å². The van der Waals surface area contributed by atoms with Crippen LogP contribution in [0.5, 0.6) is 0 Å². The Bertz CT molecular complexity index is 709. The number of imidazole rings is 1. The molecule has 3 aromatic rings. The third-order valence-corrected chi connectivity index (χ3v) is 3.62. The van der Waals surface area contributed by atoms with Gasteiger partial charge in [0.2, 0.25) is 0 Å². The van der Waals surface area contributed by atoms with Crippen LogP contribution in [0.2, 0.25) is 0 Å². The molecule has 0 saturated heterocycles. The van der Waals surface area contributed by atoms with E-state index in [-0.39, 0.29) is 5.41 Å². The van der Waals surface area contributed by atoms with E-state index < -0.39 is 0 Å². The summed E-state index contributed by atoms with van der Waals surface area (Å²) >= 11 is 1.37. The van der Waals surface area contributed by atoms with Gasteiger partial charge in [-0.1, -0.05) is 25.3 Å². The molecule has 0 fully saturated rings. The number of rotatable bonds is 3. The second-order valence-electron chi connectivity index (χ2n) is 5.82. The van der Waals surface area contributed by atoms with Crippen molar-refractivity contribution in [2.24, 2.45) is 0 Å². The SMILES string of the molecule is CC(C)(C)c1nc2ccc(NCc3csnn3)cc2[nH]1. The first-order chi connectivity index (χ1) is 9.52. The van der Waals surface area contributed by atoms with Gasteiger partial charge >= 0.3 is 0 Å². The first-order valence-electron chi connectivity index (χ1n) is 6.52. The summed E-state index contributed by atoms with van der Waals surface area (Å²) in [6.45, 7) is 7.14. The number of H-pyrrole nitrogens is 1. The third kappa shape index (κ3) is 2.65. The zero-order valence-electron chi connectivity index (χ0n) is 11.8. The smallest absolute Gasteiger partial charge is 0.112 e. The van der Waals surface area contributed by atoms with Crippen molar-refractivity contribution in [3.8, 4) is 0 Å². The van der Waals surface area contributed by atoms with Crippen LogP contribution in [0, 0.1) is 0 Å². The molecule has 2 aromatic heterocycles. The van der Waals surface area contributed by atoms with Crippen LogP contribution in [0.4, 0.5) is 5.69 Å². The lowest BCUT2D eigenvalue weighted by Gasteiger charge is -2.13. The second kappa shape index (κ2) is 4.86. The molecular formula is C14H17N5S. The summed E-state index contributed by atoms with van der Waals surface area (Å²) in [7, 11) is 0. The van der Waals surface area contributed by atoms with Crippen molar-refractivity contribution < 1.29 is 0 Å². The average Bonchev–Trinajstić information content (AvgIpc) is 3.04. The van der Waals surface area contributed by atoms with Gasteiger partial charge in [-0.15, -0.1) is 5.10 Å². The minimum atomic E-state index is 0.0267. The summed E-state index contributed by atoms with van der Waals surface area (Å²) in [6, 6.07) is 6.15. The Hall–Kier alpha value is -1.95. The summed E-state index contributed by atoms with van der Waals surface area (Å²) in [6.07, 6.45) is 0. The lowest BCUT2D eigenvalue weighted by molar-refractivity contribution is 0.554. The highest BCUT2D eigenvalue weighted by molar-refractivity contribution is 7.03. The van der Waals surface area contributed by atoms with Crippen molar-refractivity contribution in [1.82, 2.24) is 19.6 Å². The molecule has 2 heterocycles. The Kier molecular flexibility index (Phi) is 3.17. The van der Waals surface area contributed by atoms with E-state index in [1.165, 1.54) is 11.5 Å². The van der Waals surface area contributed by atoms with E-state index in [1.54, 1.807) is 0 Å². The maximum Gasteiger partial charge on any atom is 0.112 e. The first-order valence-corrected chi connectivity index (χ1v) is 7.36. The molecule has 2 N–H and O–H groups in total. The molecule has 0 atom stereocenters. The van der Waals surface area contributed by atoms with Gasteiger partial charge in [-0.05, 0) is 29.7 Å². The summed E-state index contributed by atoms with van der Waals surface area (Å²) in [5, 5.41) is 9.30. The van der Waals surface area contributed by atoms with Gasteiger partial charge < -0.3 is 10.3 Å². The van der Waals surface area contributed by atoms with Gasteiger partial charge in [0.1, 0.15) is 5.82 Å². The molecule has 6 heteroatoms. The summed E-state index contributed by atoms with van der Waals surface area (Å²) in [5.74, 6) is 1.01. The normalized spacial score (nSPS) is 11.9. The van der Waals surface area contributed by atoms with Gasteiger partial charge in [0.15, 0.2) is 0 Å². The fourth-order valence-electron chi connectivity index (χ4n) is 1.93. The van der Waals surface area contributed by atoms with Crippen molar-refractivity contribution in [1.29, 1.82) is 0 Å². The molecular weight excluding hydrogens is 270 g/mol. The van der Waals surface area contributed by atoms with E-state index in [2.05, 4.69) is 51.7 Å². The van der Waals surface area contributed by atoms with Crippen molar-refractivity contribution in [3.63, 3.8) is 0 Å². The van der Waals surface area contributed by atoms with Crippen LogP contribution in [0.15, 0.2) is 23.6 Å². The number of aromatic amines is 1. The maximum absolute atomic E-state index is 4.63. The predicted molar refractivity (Wildman–Crippen MR) is 82.0 cm³/mol. The highest BCUT2D eigenvalue weighted by Crippen LogP contribution is 2.24. The standard InChI is InChI=1S/C14H17N5S/c1-14(2,3)13-16-11-5-4-9(6-12(11)17-13)15-7-10-8-20-19-18-10/h4-6,8,15H,7H2,1-3H3,(H,16,17). The molecule has 20 heavy (non-hydrogen) atoms. The third-order valence-electron chi connectivity index (χ3n) is 3.07. The zero-order valence-corrected chi connectivity index (χ0v) is 12.6. The fraction of sp³-hybridized carbons (Fsp3) is 0.357. The van der Waals surface area contributed by atoms with Crippen LogP contribution in [0.3, 0.4) is 0 Å². The van der Waals surface area contributed by atoms with Crippen LogP contribution in [-0.4, -0.2) is 19.6 Å². The number of hydrogen-bond donors (Lipinski definition) is 2. The Labute approximate surface area is 121 Å². The Balaban J connectivity index is 1.83. The highest BCUT2D eigenvalue weighted by Gasteiger charge is 2.18. The number of aromatic nitrogens is 4. The summed E-state index contributed by atoms with van der Waals surface area (Å²) in [5.41, 5.74) is 4.08. The lowest BCUT2D eigenvalue weighted by Crippen LogP contribution is -2.12. The molecule has 0 amide bonds. The molecule has 0 bridgehead atoms. The van der Waals surface area contributed by atoms with E-state index in [0.717, 1.165) is 28.2 Å². The van der Waals surface area contributed by atoms with E-state index >= 15 is 0 Å². The van der Waals surface area contributed by atoms with Gasteiger partial charge in [0.05, 0.1) is 23.3 Å². The largest absolute Gasteiger partial charge is 0.379 e. The van der Waals surface area contributed by atoms with Gasteiger partial charge in [0, 0.05) is 16.5 Å². The summed E-state index contributed by atoms with van der Waals surface area (Å²) in [4.78, 5) is 8.02. The molecule has 0 unspecified atom stereocenters. The molecule has 5 nitrogen and oxygen atoms in total. The Morgan fingerprint density at radius 1 is 1.30 bits per heavy atom. The van der Waals surface area contributed by atoms with Crippen molar-refractivity contribution in [2.45, 2.75) is 32.7 Å². The zero-order chi connectivity index (χ0) is 14.2. The fourth-order valence-corrected chi connectivity index (χ4v) is 2.38. The Morgan fingerprint density at radius 2 is 2.15 bits per heavy atom. The molecule has 0 radical (unpaired) electrons. The summed E-state index contributed by atoms with van der Waals surface area (Å²) < 4.78 is 3.85. The number of benzene rings is 1. The minimum Gasteiger partial charge on any atom is -0.379 e. The number of nitrogens with one attached hydrogen (secondary N) is 2.